The summed E-state index contributed by atoms with van der Waals surface area (Å²) in [4.78, 5) is 15.1. The van der Waals surface area contributed by atoms with Crippen molar-refractivity contribution >= 4 is 5.91 Å². The minimum atomic E-state index is 0.0936. The Morgan fingerprint density at radius 3 is 2.16 bits per heavy atom. The Kier molecular flexibility index (Phi) is 4.10. The lowest BCUT2D eigenvalue weighted by atomic mass is 10.0. The Bertz CT molecular complexity index is 878. The van der Waals surface area contributed by atoms with E-state index in [4.69, 9.17) is 5.10 Å². The highest BCUT2D eigenvalue weighted by atomic mass is 16.2. The van der Waals surface area contributed by atoms with Crippen LogP contribution in [0.4, 0.5) is 0 Å². The van der Waals surface area contributed by atoms with Gasteiger partial charge in [0.05, 0.1) is 22.6 Å². The first kappa shape index (κ1) is 15.6. The second kappa shape index (κ2) is 6.55. The number of carbonyl (C=O) groups excluding carboxylic acids is 1. The van der Waals surface area contributed by atoms with E-state index in [2.05, 4.69) is 0 Å². The number of nitrogens with zero attached hydrogens (tertiary/aromatic N) is 3. The van der Waals surface area contributed by atoms with Crippen molar-refractivity contribution in [1.82, 2.24) is 14.7 Å². The van der Waals surface area contributed by atoms with Gasteiger partial charge >= 0.3 is 0 Å². The van der Waals surface area contributed by atoms with E-state index >= 15 is 0 Å². The van der Waals surface area contributed by atoms with Gasteiger partial charge in [-0.25, -0.2) is 4.68 Å². The van der Waals surface area contributed by atoms with Crippen LogP contribution in [0, 0.1) is 6.92 Å². The Balaban J connectivity index is 1.92. The summed E-state index contributed by atoms with van der Waals surface area (Å²) in [6.45, 7) is 3.60. The summed E-state index contributed by atoms with van der Waals surface area (Å²) in [7, 11) is 0. The number of benzene rings is 2. The molecule has 1 fully saturated rings. The van der Waals surface area contributed by atoms with E-state index in [0.29, 0.717) is 0 Å². The van der Waals surface area contributed by atoms with Crippen molar-refractivity contribution in [3.05, 3.63) is 71.9 Å². The maximum atomic E-state index is 13.2. The average Bonchev–Trinajstić information content (AvgIpc) is 3.31. The summed E-state index contributed by atoms with van der Waals surface area (Å²) in [5, 5.41) is 4.72. The molecule has 0 unspecified atom stereocenters. The predicted molar refractivity (Wildman–Crippen MR) is 98.9 cm³/mol. The van der Waals surface area contributed by atoms with Crippen molar-refractivity contribution in [1.29, 1.82) is 0 Å². The molecule has 0 aliphatic carbocycles. The first-order valence-electron chi connectivity index (χ1n) is 8.75. The Morgan fingerprint density at radius 2 is 1.52 bits per heavy atom. The van der Waals surface area contributed by atoms with E-state index in [-0.39, 0.29) is 5.91 Å². The third-order valence-corrected chi connectivity index (χ3v) is 4.72. The van der Waals surface area contributed by atoms with Gasteiger partial charge in [0.1, 0.15) is 0 Å². The molecule has 0 atom stereocenters. The third-order valence-electron chi connectivity index (χ3n) is 4.72. The molecule has 1 saturated heterocycles. The van der Waals surface area contributed by atoms with Crippen molar-refractivity contribution in [3.63, 3.8) is 0 Å². The second-order valence-electron chi connectivity index (χ2n) is 6.42. The molecule has 0 radical (unpaired) electrons. The van der Waals surface area contributed by atoms with Crippen molar-refractivity contribution in [2.45, 2.75) is 19.8 Å². The molecule has 0 N–H and O–H groups in total. The minimum Gasteiger partial charge on any atom is -0.339 e. The van der Waals surface area contributed by atoms with Gasteiger partial charge in [-0.05, 0) is 31.9 Å². The quantitative estimate of drug-likeness (QED) is 0.725. The summed E-state index contributed by atoms with van der Waals surface area (Å²) in [6.07, 6.45) is 2.16. The molecular formula is C21H21N3O. The molecular weight excluding hydrogens is 310 g/mol. The molecule has 2 heterocycles. The summed E-state index contributed by atoms with van der Waals surface area (Å²) in [5.74, 6) is 0.0936. The average molecular weight is 331 g/mol. The van der Waals surface area contributed by atoms with Crippen molar-refractivity contribution in [2.24, 2.45) is 0 Å². The van der Waals surface area contributed by atoms with E-state index < -0.39 is 0 Å². The van der Waals surface area contributed by atoms with Crippen LogP contribution < -0.4 is 0 Å². The largest absolute Gasteiger partial charge is 0.339 e. The van der Waals surface area contributed by atoms with Crippen LogP contribution >= 0.6 is 0 Å². The number of rotatable bonds is 3. The van der Waals surface area contributed by atoms with Crippen molar-refractivity contribution in [3.8, 4) is 16.9 Å². The fraction of sp³-hybridized carbons (Fsp3) is 0.238. The van der Waals surface area contributed by atoms with E-state index in [0.717, 1.165) is 54.1 Å². The van der Waals surface area contributed by atoms with E-state index in [1.54, 1.807) is 0 Å². The van der Waals surface area contributed by atoms with E-state index in [9.17, 15) is 4.79 Å². The van der Waals surface area contributed by atoms with Crippen LogP contribution in [-0.4, -0.2) is 33.7 Å². The zero-order valence-electron chi connectivity index (χ0n) is 14.4. The Hall–Kier alpha value is -2.88. The monoisotopic (exact) mass is 331 g/mol. The van der Waals surface area contributed by atoms with Crippen LogP contribution in [0.1, 0.15) is 28.9 Å². The van der Waals surface area contributed by atoms with Gasteiger partial charge in [-0.15, -0.1) is 0 Å². The smallest absolute Gasteiger partial charge is 0.257 e. The highest BCUT2D eigenvalue weighted by Gasteiger charge is 2.28. The van der Waals surface area contributed by atoms with Crippen LogP contribution in [0.25, 0.3) is 16.9 Å². The van der Waals surface area contributed by atoms with Crippen LogP contribution in [0.2, 0.25) is 0 Å². The Morgan fingerprint density at radius 1 is 0.920 bits per heavy atom. The fourth-order valence-corrected chi connectivity index (χ4v) is 3.48. The molecule has 3 aromatic rings. The van der Waals surface area contributed by atoms with Gasteiger partial charge in [0.15, 0.2) is 0 Å². The highest BCUT2D eigenvalue weighted by Crippen LogP contribution is 2.30. The SMILES string of the molecule is Cc1nn(-c2ccccc2)c(-c2ccccc2)c1C(=O)N1CCCC1. The minimum absolute atomic E-state index is 0.0936. The molecule has 1 aromatic heterocycles. The van der Waals surface area contributed by atoms with Crippen LogP contribution in [0.5, 0.6) is 0 Å². The number of likely N-dealkylation sites (tertiary alicyclic amines) is 1. The van der Waals surface area contributed by atoms with Crippen LogP contribution in [0.15, 0.2) is 60.7 Å². The molecule has 1 aliphatic heterocycles. The van der Waals surface area contributed by atoms with E-state index in [1.807, 2.05) is 77.2 Å². The molecule has 4 heteroatoms. The molecule has 0 saturated carbocycles. The molecule has 1 aliphatic rings. The van der Waals surface area contributed by atoms with Gasteiger partial charge in [-0.3, -0.25) is 4.79 Å². The fourth-order valence-electron chi connectivity index (χ4n) is 3.48. The molecule has 126 valence electrons. The molecule has 4 rings (SSSR count). The van der Waals surface area contributed by atoms with Gasteiger partial charge in [-0.2, -0.15) is 5.10 Å². The number of hydrogen-bond donors (Lipinski definition) is 0. The van der Waals surface area contributed by atoms with E-state index in [1.165, 1.54) is 0 Å². The first-order chi connectivity index (χ1) is 12.3. The summed E-state index contributed by atoms with van der Waals surface area (Å²) >= 11 is 0. The lowest BCUT2D eigenvalue weighted by Crippen LogP contribution is -2.28. The molecule has 1 amide bonds. The molecule has 2 aromatic carbocycles. The lowest BCUT2D eigenvalue weighted by Gasteiger charge is -2.16. The zero-order valence-corrected chi connectivity index (χ0v) is 14.4. The zero-order chi connectivity index (χ0) is 17.2. The molecule has 4 nitrogen and oxygen atoms in total. The number of amides is 1. The van der Waals surface area contributed by atoms with Gasteiger partial charge in [0.2, 0.25) is 0 Å². The molecule has 0 bridgehead atoms. The molecule has 0 spiro atoms. The summed E-state index contributed by atoms with van der Waals surface area (Å²) in [5.41, 5.74) is 4.34. The summed E-state index contributed by atoms with van der Waals surface area (Å²) in [6, 6.07) is 20.1. The number of para-hydroxylation sites is 1. The van der Waals surface area contributed by atoms with Gasteiger partial charge in [-0.1, -0.05) is 48.5 Å². The maximum absolute atomic E-state index is 13.2. The first-order valence-corrected chi connectivity index (χ1v) is 8.75. The topological polar surface area (TPSA) is 38.1 Å². The standard InChI is InChI=1S/C21H21N3O/c1-16-19(21(25)23-14-8-9-15-23)20(17-10-4-2-5-11-17)24(22-16)18-12-6-3-7-13-18/h2-7,10-13H,8-9,14-15H2,1H3. The Labute approximate surface area is 147 Å². The van der Waals surface area contributed by atoms with Gasteiger partial charge in [0, 0.05) is 18.7 Å². The highest BCUT2D eigenvalue weighted by molar-refractivity contribution is 6.01. The van der Waals surface area contributed by atoms with Crippen molar-refractivity contribution < 1.29 is 4.79 Å². The predicted octanol–water partition coefficient (Wildman–Crippen LogP) is 4.08. The number of hydrogen-bond acceptors (Lipinski definition) is 2. The lowest BCUT2D eigenvalue weighted by molar-refractivity contribution is 0.0793. The van der Waals surface area contributed by atoms with Gasteiger partial charge in [0.25, 0.3) is 5.91 Å². The second-order valence-corrected chi connectivity index (χ2v) is 6.42. The van der Waals surface area contributed by atoms with Crippen LogP contribution in [-0.2, 0) is 0 Å². The van der Waals surface area contributed by atoms with Crippen molar-refractivity contribution in [2.75, 3.05) is 13.1 Å². The number of aryl methyl sites for hydroxylation is 1. The summed E-state index contributed by atoms with van der Waals surface area (Å²) < 4.78 is 1.90. The van der Waals surface area contributed by atoms with Gasteiger partial charge < -0.3 is 4.90 Å². The third kappa shape index (κ3) is 2.84. The normalized spacial score (nSPS) is 14.0. The number of carbonyl (C=O) groups is 1. The molecule has 25 heavy (non-hydrogen) atoms. The van der Waals surface area contributed by atoms with Crippen LogP contribution in [0.3, 0.4) is 0 Å². The maximum Gasteiger partial charge on any atom is 0.257 e. The number of aromatic nitrogens is 2.